The van der Waals surface area contributed by atoms with Gasteiger partial charge in [0, 0.05) is 26.2 Å². The first-order chi connectivity index (χ1) is 10.2. The number of rotatable bonds is 5. The summed E-state index contributed by atoms with van der Waals surface area (Å²) in [4.78, 5) is 16.0. The number of halogens is 1. The molecule has 1 aromatic carbocycles. The second-order valence-corrected chi connectivity index (χ2v) is 5.22. The molecule has 1 fully saturated rings. The Morgan fingerprint density at radius 3 is 2.71 bits per heavy atom. The molecule has 0 saturated carbocycles. The number of ether oxygens (including phenoxy) is 1. The second kappa shape index (κ2) is 7.98. The van der Waals surface area contributed by atoms with Crippen LogP contribution in [-0.2, 0) is 11.3 Å². The van der Waals surface area contributed by atoms with Crippen molar-refractivity contribution in [3.63, 3.8) is 0 Å². The number of hydrogen-bond acceptors (Lipinski definition) is 3. The lowest BCUT2D eigenvalue weighted by Crippen LogP contribution is -2.48. The van der Waals surface area contributed by atoms with Crippen molar-refractivity contribution in [3.8, 4) is 0 Å². The molecular formula is C16H22FN2O2. The molecule has 1 amide bonds. The van der Waals surface area contributed by atoms with E-state index in [1.807, 2.05) is 0 Å². The smallest absolute Gasteiger partial charge is 0.410 e. The summed E-state index contributed by atoms with van der Waals surface area (Å²) in [6.45, 7) is 8.08. The van der Waals surface area contributed by atoms with Crippen LogP contribution in [-0.4, -0.2) is 48.6 Å². The molecule has 0 spiro atoms. The molecule has 1 aliphatic rings. The van der Waals surface area contributed by atoms with Crippen LogP contribution in [0.1, 0.15) is 18.4 Å². The number of carbonyl (C=O) groups excluding carboxylic acids is 1. The summed E-state index contributed by atoms with van der Waals surface area (Å²) < 4.78 is 18.3. The number of piperazine rings is 1. The lowest BCUT2D eigenvalue weighted by molar-refractivity contribution is 0.0714. The summed E-state index contributed by atoms with van der Waals surface area (Å²) in [6.07, 6.45) is 1.70. The minimum atomic E-state index is -0.323. The predicted molar refractivity (Wildman–Crippen MR) is 79.2 cm³/mol. The third-order valence-corrected chi connectivity index (χ3v) is 3.61. The molecule has 115 valence electrons. The Morgan fingerprint density at radius 1 is 1.29 bits per heavy atom. The molecule has 2 rings (SSSR count). The van der Waals surface area contributed by atoms with E-state index in [1.165, 1.54) is 12.1 Å². The summed E-state index contributed by atoms with van der Waals surface area (Å²) >= 11 is 0. The van der Waals surface area contributed by atoms with Gasteiger partial charge in [0.05, 0.1) is 0 Å². The first kappa shape index (κ1) is 15.8. The van der Waals surface area contributed by atoms with Crippen LogP contribution >= 0.6 is 0 Å². The summed E-state index contributed by atoms with van der Waals surface area (Å²) in [5.41, 5.74) is 0.664. The van der Waals surface area contributed by atoms with Gasteiger partial charge in [-0.3, -0.25) is 4.90 Å². The number of carbonyl (C=O) groups is 1. The Labute approximate surface area is 125 Å². The van der Waals surface area contributed by atoms with Gasteiger partial charge in [0.25, 0.3) is 0 Å². The fraction of sp³-hybridized carbons (Fsp3) is 0.500. The highest BCUT2D eigenvalue weighted by molar-refractivity contribution is 5.67. The number of hydrogen-bond donors (Lipinski definition) is 0. The van der Waals surface area contributed by atoms with Crippen LogP contribution in [0.3, 0.4) is 0 Å². The van der Waals surface area contributed by atoms with Crippen LogP contribution < -0.4 is 0 Å². The number of benzene rings is 1. The molecular weight excluding hydrogens is 271 g/mol. The van der Waals surface area contributed by atoms with Crippen LogP contribution in [0.2, 0.25) is 0 Å². The number of amides is 1. The van der Waals surface area contributed by atoms with Crippen molar-refractivity contribution in [1.29, 1.82) is 0 Å². The van der Waals surface area contributed by atoms with E-state index in [2.05, 4.69) is 11.8 Å². The van der Waals surface area contributed by atoms with E-state index in [-0.39, 0.29) is 18.5 Å². The normalized spacial score (nSPS) is 16.0. The monoisotopic (exact) mass is 293 g/mol. The maximum Gasteiger partial charge on any atom is 0.410 e. The topological polar surface area (TPSA) is 32.8 Å². The van der Waals surface area contributed by atoms with E-state index >= 15 is 0 Å². The summed E-state index contributed by atoms with van der Waals surface area (Å²) in [5, 5.41) is 0. The van der Waals surface area contributed by atoms with E-state index < -0.39 is 0 Å². The fourth-order valence-electron chi connectivity index (χ4n) is 2.35. The molecule has 1 aliphatic heterocycles. The lowest BCUT2D eigenvalue weighted by atomic mass is 10.2. The van der Waals surface area contributed by atoms with Crippen LogP contribution in [0.25, 0.3) is 0 Å². The van der Waals surface area contributed by atoms with Gasteiger partial charge >= 0.3 is 6.09 Å². The van der Waals surface area contributed by atoms with Crippen molar-refractivity contribution in [2.45, 2.75) is 19.4 Å². The van der Waals surface area contributed by atoms with Gasteiger partial charge in [-0.25, -0.2) is 9.18 Å². The van der Waals surface area contributed by atoms with E-state index in [1.54, 1.807) is 17.0 Å². The quantitative estimate of drug-likeness (QED) is 0.837. The molecule has 1 saturated heterocycles. The van der Waals surface area contributed by atoms with Crippen LogP contribution in [0, 0.1) is 12.7 Å². The first-order valence-corrected chi connectivity index (χ1v) is 7.37. The van der Waals surface area contributed by atoms with Crippen molar-refractivity contribution >= 4 is 6.09 Å². The first-order valence-electron chi connectivity index (χ1n) is 7.37. The summed E-state index contributed by atoms with van der Waals surface area (Å²) in [7, 11) is 0. The molecule has 21 heavy (non-hydrogen) atoms. The highest BCUT2D eigenvalue weighted by atomic mass is 19.1. The SMILES string of the molecule is [CH2]CCCN1CCN(C(=O)OCc2cccc(F)c2)CC1. The number of unbranched alkanes of at least 4 members (excludes halogenated alkanes) is 1. The molecule has 1 aromatic rings. The van der Waals surface area contributed by atoms with Gasteiger partial charge in [-0.05, 0) is 30.7 Å². The van der Waals surface area contributed by atoms with Crippen LogP contribution in [0.5, 0.6) is 0 Å². The van der Waals surface area contributed by atoms with Gasteiger partial charge in [-0.2, -0.15) is 0 Å². The molecule has 0 bridgehead atoms. The lowest BCUT2D eigenvalue weighted by Gasteiger charge is -2.34. The standard InChI is InChI=1S/C16H22FN2O2/c1-2-3-7-18-8-10-19(11-9-18)16(20)21-13-14-5-4-6-15(17)12-14/h4-6,12H,1-3,7-11,13H2. The highest BCUT2D eigenvalue weighted by Gasteiger charge is 2.21. The molecule has 0 aliphatic carbocycles. The Bertz CT molecular complexity index is 459. The fourth-order valence-corrected chi connectivity index (χ4v) is 2.35. The minimum absolute atomic E-state index is 0.109. The van der Waals surface area contributed by atoms with Crippen molar-refractivity contribution in [2.75, 3.05) is 32.7 Å². The van der Waals surface area contributed by atoms with Crippen LogP contribution in [0.4, 0.5) is 9.18 Å². The zero-order valence-corrected chi connectivity index (χ0v) is 12.3. The van der Waals surface area contributed by atoms with Crippen molar-refractivity contribution in [2.24, 2.45) is 0 Å². The molecule has 0 unspecified atom stereocenters. The Hall–Kier alpha value is -1.62. The third-order valence-electron chi connectivity index (χ3n) is 3.61. The van der Waals surface area contributed by atoms with E-state index in [0.717, 1.165) is 32.5 Å². The van der Waals surface area contributed by atoms with Crippen molar-refractivity contribution < 1.29 is 13.9 Å². The molecule has 1 radical (unpaired) electrons. The molecule has 1 heterocycles. The van der Waals surface area contributed by atoms with Crippen molar-refractivity contribution in [1.82, 2.24) is 9.80 Å². The Balaban J connectivity index is 1.72. The van der Waals surface area contributed by atoms with Gasteiger partial charge < -0.3 is 9.64 Å². The minimum Gasteiger partial charge on any atom is -0.445 e. The average molecular weight is 293 g/mol. The third kappa shape index (κ3) is 5.01. The van der Waals surface area contributed by atoms with Gasteiger partial charge in [0.2, 0.25) is 0 Å². The highest BCUT2D eigenvalue weighted by Crippen LogP contribution is 2.09. The van der Waals surface area contributed by atoms with Crippen molar-refractivity contribution in [3.05, 3.63) is 42.6 Å². The van der Waals surface area contributed by atoms with E-state index in [4.69, 9.17) is 4.74 Å². The predicted octanol–water partition coefficient (Wildman–Crippen LogP) is 2.69. The summed E-state index contributed by atoms with van der Waals surface area (Å²) in [5.74, 6) is -0.317. The molecule has 0 N–H and O–H groups in total. The largest absolute Gasteiger partial charge is 0.445 e. The van der Waals surface area contributed by atoms with E-state index in [9.17, 15) is 9.18 Å². The number of nitrogens with zero attached hydrogens (tertiary/aromatic N) is 2. The zero-order chi connectivity index (χ0) is 15.1. The maximum absolute atomic E-state index is 13.0. The van der Waals surface area contributed by atoms with Gasteiger partial charge in [0.15, 0.2) is 0 Å². The Morgan fingerprint density at radius 2 is 2.05 bits per heavy atom. The molecule has 4 nitrogen and oxygen atoms in total. The van der Waals surface area contributed by atoms with Gasteiger partial charge in [-0.15, -0.1) is 0 Å². The molecule has 5 heteroatoms. The summed E-state index contributed by atoms with van der Waals surface area (Å²) in [6, 6.07) is 6.10. The van der Waals surface area contributed by atoms with E-state index in [0.29, 0.717) is 18.7 Å². The second-order valence-electron chi connectivity index (χ2n) is 5.22. The maximum atomic E-state index is 13.0. The van der Waals surface area contributed by atoms with Crippen LogP contribution in [0.15, 0.2) is 24.3 Å². The Kier molecular flexibility index (Phi) is 5.99. The zero-order valence-electron chi connectivity index (χ0n) is 12.3. The molecule has 0 atom stereocenters. The molecule has 0 aromatic heterocycles. The average Bonchev–Trinajstić information content (AvgIpc) is 2.51. The van der Waals surface area contributed by atoms with Gasteiger partial charge in [-0.1, -0.05) is 25.5 Å². The van der Waals surface area contributed by atoms with Gasteiger partial charge in [0.1, 0.15) is 12.4 Å².